The van der Waals surface area contributed by atoms with Crippen molar-refractivity contribution in [3.63, 3.8) is 0 Å². The summed E-state index contributed by atoms with van der Waals surface area (Å²) in [4.78, 5) is 23.0. The minimum atomic E-state index is -0.974. The Morgan fingerprint density at radius 1 is 0.411 bits per heavy atom. The zero-order valence-electron chi connectivity index (χ0n) is 36.0. The first-order valence-corrected chi connectivity index (χ1v) is 21.6. The predicted molar refractivity (Wildman–Crippen MR) is 241 cm³/mol. The largest absolute Gasteiger partial charge is 0.464 e. The quantitative estimate of drug-likeness (QED) is 0.0398. The lowest BCUT2D eigenvalue weighted by molar-refractivity contribution is -0.157. The number of carbonyl (C=O) groups excluding carboxylic acids is 2. The van der Waals surface area contributed by atoms with Crippen molar-refractivity contribution < 1.29 is 28.9 Å². The third kappa shape index (κ3) is 43.0. The third-order valence-electron chi connectivity index (χ3n) is 7.98. The van der Waals surface area contributed by atoms with Crippen molar-refractivity contribution in [3.05, 3.63) is 122 Å². The maximum absolute atomic E-state index is 11.8. The van der Waals surface area contributed by atoms with Crippen LogP contribution in [0, 0.1) is 0 Å². The highest BCUT2D eigenvalue weighted by atomic mass is 16.6. The zero-order chi connectivity index (χ0) is 41.4. The molecule has 6 nitrogen and oxygen atoms in total. The van der Waals surface area contributed by atoms with Crippen LogP contribution in [0.5, 0.6) is 0 Å². The molecule has 0 rings (SSSR count). The lowest BCUT2D eigenvalue weighted by Gasteiger charge is -2.14. The number of ether oxygens (including phenoxy) is 3. The maximum atomic E-state index is 11.8. The van der Waals surface area contributed by atoms with Crippen molar-refractivity contribution in [1.82, 2.24) is 0 Å². The molecule has 0 aliphatic heterocycles. The van der Waals surface area contributed by atoms with Gasteiger partial charge in [-0.2, -0.15) is 0 Å². The van der Waals surface area contributed by atoms with Crippen LogP contribution in [0.4, 0.5) is 0 Å². The van der Waals surface area contributed by atoms with Gasteiger partial charge in [-0.1, -0.05) is 135 Å². The molecule has 0 amide bonds. The Morgan fingerprint density at radius 3 is 1.07 bits per heavy atom. The summed E-state index contributed by atoms with van der Waals surface area (Å²) in [5.41, 5.74) is 0. The van der Waals surface area contributed by atoms with E-state index in [0.717, 1.165) is 109 Å². The number of rotatable bonds is 34. The molecule has 0 aliphatic rings. The van der Waals surface area contributed by atoms with Crippen LogP contribution >= 0.6 is 0 Å². The fraction of sp³-hybridized carbons (Fsp3) is 0.560. The van der Waals surface area contributed by atoms with Gasteiger partial charge in [0.05, 0.1) is 13.2 Å². The van der Waals surface area contributed by atoms with Gasteiger partial charge in [0.15, 0.2) is 12.2 Å². The summed E-state index contributed by atoms with van der Waals surface area (Å²) in [5, 5.41) is 9.57. The Bertz CT molecular complexity index is 1180. The summed E-state index contributed by atoms with van der Waals surface area (Å²) in [5.74, 6) is -0.739. The zero-order valence-corrected chi connectivity index (χ0v) is 36.0. The molecule has 2 unspecified atom stereocenters. The second-order valence-electron chi connectivity index (χ2n) is 12.9. The molecule has 0 saturated carbocycles. The van der Waals surface area contributed by atoms with Gasteiger partial charge in [-0.15, -0.1) is 0 Å². The Hall–Kier alpha value is -3.74. The van der Waals surface area contributed by atoms with Crippen LogP contribution in [0.1, 0.15) is 150 Å². The number of aliphatic hydroxyl groups is 1. The molecule has 1 N–H and O–H groups in total. The Balaban J connectivity index is 0. The van der Waals surface area contributed by atoms with E-state index in [4.69, 9.17) is 14.2 Å². The number of hydrogen-bond acceptors (Lipinski definition) is 6. The normalized spacial score (nSPS) is 13.7. The molecular weight excluding hydrogens is 697 g/mol. The van der Waals surface area contributed by atoms with E-state index in [1.807, 2.05) is 13.8 Å². The smallest absolute Gasteiger partial charge is 0.335 e. The van der Waals surface area contributed by atoms with Gasteiger partial charge in [-0.25, -0.2) is 9.59 Å². The molecule has 0 heterocycles. The highest BCUT2D eigenvalue weighted by molar-refractivity contribution is 5.74. The summed E-state index contributed by atoms with van der Waals surface area (Å²) < 4.78 is 15.3. The van der Waals surface area contributed by atoms with Crippen LogP contribution in [0.2, 0.25) is 0 Å². The number of carbonyl (C=O) groups is 2. The monoisotopic (exact) mass is 777 g/mol. The van der Waals surface area contributed by atoms with Crippen molar-refractivity contribution in [3.8, 4) is 0 Å². The molecule has 0 bridgehead atoms. The van der Waals surface area contributed by atoms with Gasteiger partial charge in [-0.3, -0.25) is 0 Å². The molecule has 0 aromatic heterocycles. The van der Waals surface area contributed by atoms with Crippen molar-refractivity contribution in [2.75, 3.05) is 19.8 Å². The van der Waals surface area contributed by atoms with E-state index in [1.165, 1.54) is 0 Å². The van der Waals surface area contributed by atoms with Crippen LogP contribution in [0.15, 0.2) is 122 Å². The number of hydrogen-bond donors (Lipinski definition) is 1. The highest BCUT2D eigenvalue weighted by Gasteiger charge is 2.19. The van der Waals surface area contributed by atoms with Gasteiger partial charge in [0.1, 0.15) is 0 Å². The molecule has 0 aromatic carbocycles. The van der Waals surface area contributed by atoms with Gasteiger partial charge in [-0.05, 0) is 136 Å². The number of aliphatic hydroxyl groups excluding tert-OH is 1. The molecule has 316 valence electrons. The lowest BCUT2D eigenvalue weighted by Crippen LogP contribution is -2.26. The first-order chi connectivity index (χ1) is 27.5. The van der Waals surface area contributed by atoms with Crippen LogP contribution in [0.25, 0.3) is 0 Å². The van der Waals surface area contributed by atoms with Crippen LogP contribution in [0.3, 0.4) is 0 Å². The molecule has 0 radical (unpaired) electrons. The predicted octanol–water partition coefficient (Wildman–Crippen LogP) is 13.5. The summed E-state index contributed by atoms with van der Waals surface area (Å²) in [7, 11) is 0. The van der Waals surface area contributed by atoms with Gasteiger partial charge in [0.2, 0.25) is 0 Å². The van der Waals surface area contributed by atoms with E-state index < -0.39 is 18.2 Å². The van der Waals surface area contributed by atoms with E-state index in [-0.39, 0.29) is 5.97 Å². The molecule has 2 atom stereocenters. The number of esters is 2. The van der Waals surface area contributed by atoms with Crippen LogP contribution in [-0.2, 0) is 23.8 Å². The van der Waals surface area contributed by atoms with Gasteiger partial charge in [0.25, 0.3) is 0 Å². The van der Waals surface area contributed by atoms with E-state index in [9.17, 15) is 14.7 Å². The second-order valence-corrected chi connectivity index (χ2v) is 12.9. The first-order valence-electron chi connectivity index (χ1n) is 21.6. The minimum absolute atomic E-state index is 0.232. The van der Waals surface area contributed by atoms with E-state index >= 15 is 0 Å². The van der Waals surface area contributed by atoms with Crippen molar-refractivity contribution >= 4 is 11.9 Å². The Kier molecular flexibility index (Phi) is 46.0. The van der Waals surface area contributed by atoms with Gasteiger partial charge in [0, 0.05) is 6.61 Å². The number of unbranched alkanes of at least 4 members (excludes halogenated alkanes) is 4. The molecule has 0 fully saturated rings. The molecular formula is C50H80O6. The van der Waals surface area contributed by atoms with Gasteiger partial charge >= 0.3 is 11.9 Å². The highest BCUT2D eigenvalue weighted by Crippen LogP contribution is 2.10. The van der Waals surface area contributed by atoms with E-state index in [1.54, 1.807) is 6.92 Å². The fourth-order valence-corrected chi connectivity index (χ4v) is 4.99. The van der Waals surface area contributed by atoms with Crippen LogP contribution in [-0.4, -0.2) is 49.1 Å². The molecule has 0 saturated heterocycles. The molecule has 0 aliphatic carbocycles. The summed E-state index contributed by atoms with van der Waals surface area (Å²) >= 11 is 0. The first kappa shape index (κ1) is 54.4. The summed E-state index contributed by atoms with van der Waals surface area (Å²) in [6, 6.07) is 0. The standard InChI is InChI=1S/C26H42O3.C24H38O3/c1-4-7-8-9-10-11-12-13-14-15-16-17-18-19-20-21-22-23-24-25(28-5-2)26(27)29-6-3;1-3-5-6-7-8-9-10-11-12-13-14-15-16-17-18-19-20-21-22-23(25)24(26)27-4-2/h7-8,10-11,13-14,16-17,19-20,25H,4-6,9,12,15,18,21-24H2,1-3H3;5-6,8-9,11-12,14-15,17-18,23,25H,3-4,7,10,13,16,19-22H2,1-2H3/b8-7-,11-10-,14-13-,17-16-,20-19-;6-5-,9-8-,12-11-,15-14-,18-17-. The third-order valence-corrected chi connectivity index (χ3v) is 7.98. The van der Waals surface area contributed by atoms with Crippen LogP contribution < -0.4 is 0 Å². The van der Waals surface area contributed by atoms with Crippen molar-refractivity contribution in [2.24, 2.45) is 0 Å². The van der Waals surface area contributed by atoms with Crippen molar-refractivity contribution in [1.29, 1.82) is 0 Å². The van der Waals surface area contributed by atoms with Crippen molar-refractivity contribution in [2.45, 2.75) is 162 Å². The summed E-state index contributed by atoms with van der Waals surface area (Å²) in [6.45, 7) is 11.0. The second kappa shape index (κ2) is 47.4. The Labute approximate surface area is 343 Å². The van der Waals surface area contributed by atoms with E-state index in [2.05, 4.69) is 135 Å². The Morgan fingerprint density at radius 2 is 0.732 bits per heavy atom. The van der Waals surface area contributed by atoms with Gasteiger partial charge < -0.3 is 19.3 Å². The lowest BCUT2D eigenvalue weighted by atomic mass is 10.1. The SMILES string of the molecule is CC/C=C\C/C=C\C/C=C\C/C=C\C/C=C\CCCCC(O)C(=O)OCC.CC/C=C\C/C=C\C/C=C\C/C=C\C/C=C\CCCCC(OCC)C(=O)OCC. The average Bonchev–Trinajstić information content (AvgIpc) is 3.19. The minimum Gasteiger partial charge on any atom is -0.464 e. The maximum Gasteiger partial charge on any atom is 0.335 e. The van der Waals surface area contributed by atoms with E-state index in [0.29, 0.717) is 26.2 Å². The molecule has 56 heavy (non-hydrogen) atoms. The fourth-order valence-electron chi connectivity index (χ4n) is 4.99. The number of allylic oxidation sites excluding steroid dienone is 20. The summed E-state index contributed by atoms with van der Waals surface area (Å²) in [6.07, 6.45) is 59.8. The molecule has 0 aromatic rings. The molecule has 0 spiro atoms. The molecule has 6 heteroatoms. The average molecular weight is 777 g/mol. The topological polar surface area (TPSA) is 82.1 Å².